The minimum absolute atomic E-state index is 0.273. The Hall–Kier alpha value is -0.570. The van der Waals surface area contributed by atoms with Gasteiger partial charge in [0.05, 0.1) is 12.0 Å². The zero-order valence-electron chi connectivity index (χ0n) is 5.21. The fraction of sp³-hybridized carbons (Fsp3) is 0.833. The summed E-state index contributed by atoms with van der Waals surface area (Å²) >= 11 is 0. The third-order valence-electron chi connectivity index (χ3n) is 1.84. The molecular formula is C6H11NO2. The molecule has 1 aliphatic carbocycles. The lowest BCUT2D eigenvalue weighted by Crippen LogP contribution is -2.28. The number of carbonyl (C=O) groups excluding carboxylic acids is 1. The number of nitrogens with two attached hydrogens (primary N) is 1. The molecule has 0 spiro atoms. The normalized spacial score (nSPS) is 34.8. The van der Waals surface area contributed by atoms with Gasteiger partial charge in [0.25, 0.3) is 0 Å². The number of aliphatic hydroxyl groups is 1. The van der Waals surface area contributed by atoms with Gasteiger partial charge in [0.2, 0.25) is 5.91 Å². The Labute approximate surface area is 53.9 Å². The van der Waals surface area contributed by atoms with Gasteiger partial charge in [-0.05, 0) is 19.3 Å². The minimum Gasteiger partial charge on any atom is -0.392 e. The largest absolute Gasteiger partial charge is 0.392 e. The second-order valence-corrected chi connectivity index (χ2v) is 2.51. The molecule has 1 rings (SSSR count). The fourth-order valence-corrected chi connectivity index (χ4v) is 1.27. The molecule has 1 fully saturated rings. The van der Waals surface area contributed by atoms with Crippen molar-refractivity contribution in [3.63, 3.8) is 0 Å². The van der Waals surface area contributed by atoms with Crippen LogP contribution in [0.25, 0.3) is 0 Å². The Morgan fingerprint density at radius 3 is 2.44 bits per heavy atom. The highest BCUT2D eigenvalue weighted by Gasteiger charge is 2.29. The van der Waals surface area contributed by atoms with Crippen LogP contribution >= 0.6 is 0 Å². The van der Waals surface area contributed by atoms with E-state index in [9.17, 15) is 4.79 Å². The lowest BCUT2D eigenvalue weighted by molar-refractivity contribution is -0.124. The zero-order chi connectivity index (χ0) is 6.85. The first-order chi connectivity index (χ1) is 4.22. The molecule has 0 aromatic rings. The second kappa shape index (κ2) is 2.35. The number of aliphatic hydroxyl groups excluding tert-OH is 1. The summed E-state index contributed by atoms with van der Waals surface area (Å²) in [6, 6.07) is 0. The number of hydrogen-bond donors (Lipinski definition) is 2. The van der Waals surface area contributed by atoms with Gasteiger partial charge in [-0.2, -0.15) is 0 Å². The highest BCUT2D eigenvalue weighted by Crippen LogP contribution is 2.24. The molecule has 0 aromatic carbocycles. The van der Waals surface area contributed by atoms with Crippen LogP contribution < -0.4 is 5.73 Å². The summed E-state index contributed by atoms with van der Waals surface area (Å²) < 4.78 is 0. The number of amides is 1. The summed E-state index contributed by atoms with van der Waals surface area (Å²) in [7, 11) is 0. The van der Waals surface area contributed by atoms with E-state index in [0.29, 0.717) is 0 Å². The summed E-state index contributed by atoms with van der Waals surface area (Å²) in [5.74, 6) is -0.634. The second-order valence-electron chi connectivity index (χ2n) is 2.51. The molecule has 0 aromatic heterocycles. The van der Waals surface area contributed by atoms with E-state index in [2.05, 4.69) is 0 Å². The number of rotatable bonds is 1. The fourth-order valence-electron chi connectivity index (χ4n) is 1.27. The molecule has 0 heterocycles. The first-order valence-electron chi connectivity index (χ1n) is 3.19. The molecule has 0 unspecified atom stereocenters. The van der Waals surface area contributed by atoms with Crippen molar-refractivity contribution >= 4 is 5.91 Å². The van der Waals surface area contributed by atoms with Crippen LogP contribution in [0.5, 0.6) is 0 Å². The predicted octanol–water partition coefficient (Wildman–Crippen LogP) is -0.367. The van der Waals surface area contributed by atoms with E-state index in [-0.39, 0.29) is 11.8 Å². The molecule has 0 radical (unpaired) electrons. The van der Waals surface area contributed by atoms with E-state index < -0.39 is 6.10 Å². The third kappa shape index (κ3) is 1.21. The van der Waals surface area contributed by atoms with Gasteiger partial charge in [0.1, 0.15) is 0 Å². The van der Waals surface area contributed by atoms with E-state index in [1.807, 2.05) is 0 Å². The van der Waals surface area contributed by atoms with Crippen LogP contribution in [0, 0.1) is 5.92 Å². The smallest absolute Gasteiger partial charge is 0.223 e. The van der Waals surface area contributed by atoms with Crippen LogP contribution in [-0.2, 0) is 4.79 Å². The Bertz CT molecular complexity index is 124. The Balaban J connectivity index is 2.49. The first-order valence-corrected chi connectivity index (χ1v) is 3.19. The van der Waals surface area contributed by atoms with Gasteiger partial charge in [-0.25, -0.2) is 0 Å². The Morgan fingerprint density at radius 2 is 2.22 bits per heavy atom. The predicted molar refractivity (Wildman–Crippen MR) is 32.5 cm³/mol. The van der Waals surface area contributed by atoms with E-state index >= 15 is 0 Å². The quantitative estimate of drug-likeness (QED) is 0.507. The van der Waals surface area contributed by atoms with Crippen molar-refractivity contribution in [2.75, 3.05) is 0 Å². The maximum absolute atomic E-state index is 10.5. The van der Waals surface area contributed by atoms with Crippen molar-refractivity contribution in [1.29, 1.82) is 0 Å². The van der Waals surface area contributed by atoms with Crippen LogP contribution in [0.1, 0.15) is 19.3 Å². The molecule has 52 valence electrons. The Kier molecular flexibility index (Phi) is 1.71. The van der Waals surface area contributed by atoms with Gasteiger partial charge in [-0.1, -0.05) is 0 Å². The number of hydrogen-bond acceptors (Lipinski definition) is 2. The van der Waals surface area contributed by atoms with Gasteiger partial charge in [0, 0.05) is 0 Å². The monoisotopic (exact) mass is 129 g/mol. The SMILES string of the molecule is NC(=O)[C@H]1CCC[C@H]1O. The topological polar surface area (TPSA) is 63.3 Å². The molecule has 3 heteroatoms. The van der Waals surface area contributed by atoms with Gasteiger partial charge in [-0.15, -0.1) is 0 Å². The van der Waals surface area contributed by atoms with Gasteiger partial charge >= 0.3 is 0 Å². The summed E-state index contributed by atoms with van der Waals surface area (Å²) in [4.78, 5) is 10.5. The lowest BCUT2D eigenvalue weighted by atomic mass is 10.1. The maximum atomic E-state index is 10.5. The molecule has 1 amide bonds. The maximum Gasteiger partial charge on any atom is 0.223 e. The van der Waals surface area contributed by atoms with Crippen molar-refractivity contribution in [2.45, 2.75) is 25.4 Å². The highest BCUT2D eigenvalue weighted by molar-refractivity contribution is 5.77. The summed E-state index contributed by atoms with van der Waals surface area (Å²) in [6.07, 6.45) is 1.95. The summed E-state index contributed by atoms with van der Waals surface area (Å²) in [6.45, 7) is 0. The Morgan fingerprint density at radius 1 is 1.56 bits per heavy atom. The van der Waals surface area contributed by atoms with Crippen LogP contribution in [0.2, 0.25) is 0 Å². The van der Waals surface area contributed by atoms with Crippen LogP contribution in [-0.4, -0.2) is 17.1 Å². The molecule has 0 bridgehead atoms. The first kappa shape index (κ1) is 6.55. The van der Waals surface area contributed by atoms with E-state index in [0.717, 1.165) is 19.3 Å². The van der Waals surface area contributed by atoms with Gasteiger partial charge in [-0.3, -0.25) is 4.79 Å². The highest BCUT2D eigenvalue weighted by atomic mass is 16.3. The van der Waals surface area contributed by atoms with E-state index in [4.69, 9.17) is 10.8 Å². The zero-order valence-corrected chi connectivity index (χ0v) is 5.21. The summed E-state index contributed by atoms with van der Waals surface area (Å²) in [5.41, 5.74) is 4.99. The molecule has 1 saturated carbocycles. The molecule has 1 aliphatic rings. The number of carbonyl (C=O) groups is 1. The molecule has 9 heavy (non-hydrogen) atoms. The van der Waals surface area contributed by atoms with Gasteiger partial charge in [0.15, 0.2) is 0 Å². The minimum atomic E-state index is -0.470. The molecule has 0 aliphatic heterocycles. The van der Waals surface area contributed by atoms with E-state index in [1.165, 1.54) is 0 Å². The van der Waals surface area contributed by atoms with Crippen molar-refractivity contribution in [3.8, 4) is 0 Å². The van der Waals surface area contributed by atoms with Crippen molar-refractivity contribution < 1.29 is 9.90 Å². The lowest BCUT2D eigenvalue weighted by Gasteiger charge is -2.07. The molecule has 3 N–H and O–H groups in total. The summed E-state index contributed by atoms with van der Waals surface area (Å²) in [5, 5.41) is 9.06. The average molecular weight is 129 g/mol. The molecule has 3 nitrogen and oxygen atoms in total. The molecular weight excluding hydrogens is 118 g/mol. The van der Waals surface area contributed by atoms with E-state index in [1.54, 1.807) is 0 Å². The third-order valence-corrected chi connectivity index (χ3v) is 1.84. The van der Waals surface area contributed by atoms with Crippen LogP contribution in [0.15, 0.2) is 0 Å². The van der Waals surface area contributed by atoms with Crippen molar-refractivity contribution in [2.24, 2.45) is 11.7 Å². The van der Waals surface area contributed by atoms with Crippen molar-refractivity contribution in [1.82, 2.24) is 0 Å². The van der Waals surface area contributed by atoms with Crippen LogP contribution in [0.3, 0.4) is 0 Å². The van der Waals surface area contributed by atoms with Crippen LogP contribution in [0.4, 0.5) is 0 Å². The van der Waals surface area contributed by atoms with Crippen molar-refractivity contribution in [3.05, 3.63) is 0 Å². The average Bonchev–Trinajstić information content (AvgIpc) is 2.13. The standard InChI is InChI=1S/C6H11NO2/c7-6(9)4-2-1-3-5(4)8/h4-5,8H,1-3H2,(H2,7,9)/t4-,5+/m0/s1. The molecule has 0 saturated heterocycles. The molecule has 2 atom stereocenters. The number of primary amides is 1. The van der Waals surface area contributed by atoms with Gasteiger partial charge < -0.3 is 10.8 Å².